The number of carbonyl (C=O) groups excluding carboxylic acids is 1. The van der Waals surface area contributed by atoms with E-state index in [4.69, 9.17) is 9.26 Å². The van der Waals surface area contributed by atoms with E-state index in [1.165, 1.54) is 0 Å². The van der Waals surface area contributed by atoms with Crippen molar-refractivity contribution in [2.75, 3.05) is 19.7 Å². The molecular weight excluding hydrogens is 509 g/mol. The highest BCUT2D eigenvalue weighted by Crippen LogP contribution is 2.16. The second-order valence-corrected chi connectivity index (χ2v) is 6.68. The third-order valence-electron chi connectivity index (χ3n) is 4.45. The lowest BCUT2D eigenvalue weighted by Gasteiger charge is -2.12. The molecule has 0 spiro atoms. The lowest BCUT2D eigenvalue weighted by Crippen LogP contribution is -2.37. The molecule has 0 atom stereocenters. The van der Waals surface area contributed by atoms with Gasteiger partial charge in [-0.1, -0.05) is 31.1 Å². The number of amides is 1. The summed E-state index contributed by atoms with van der Waals surface area (Å²) in [5, 5.41) is 13.5. The van der Waals surface area contributed by atoms with Crippen molar-refractivity contribution < 1.29 is 14.1 Å². The molecule has 1 aromatic heterocycles. The number of likely N-dealkylation sites (N-methyl/N-ethyl adjacent to an activating group) is 1. The van der Waals surface area contributed by atoms with E-state index in [2.05, 4.69) is 39.9 Å². The fourth-order valence-electron chi connectivity index (χ4n) is 2.95. The molecule has 1 heterocycles. The van der Waals surface area contributed by atoms with E-state index in [-0.39, 0.29) is 36.5 Å². The third-order valence-corrected chi connectivity index (χ3v) is 4.45. The molecular formula is C22H34IN5O3. The number of guanidine groups is 1. The van der Waals surface area contributed by atoms with E-state index in [0.717, 1.165) is 47.9 Å². The summed E-state index contributed by atoms with van der Waals surface area (Å²) in [7, 11) is 0. The molecule has 0 aliphatic carbocycles. The van der Waals surface area contributed by atoms with E-state index >= 15 is 0 Å². The second-order valence-electron chi connectivity index (χ2n) is 6.68. The number of nitrogens with one attached hydrogen (secondary N) is 3. The van der Waals surface area contributed by atoms with Crippen LogP contribution in [0.5, 0.6) is 5.75 Å². The van der Waals surface area contributed by atoms with Crippen LogP contribution >= 0.6 is 24.0 Å². The number of hydrogen-bond donors (Lipinski definition) is 3. The number of aryl methyl sites for hydroxylation is 2. The zero-order valence-electron chi connectivity index (χ0n) is 18.8. The number of aliphatic imine (C=N–C) groups is 1. The second kappa shape index (κ2) is 14.7. The van der Waals surface area contributed by atoms with Gasteiger partial charge in [0, 0.05) is 31.6 Å². The number of hydrogen-bond acceptors (Lipinski definition) is 5. The predicted molar refractivity (Wildman–Crippen MR) is 133 cm³/mol. The number of halogens is 1. The average molecular weight is 543 g/mol. The number of carbonyl (C=O) groups is 1. The van der Waals surface area contributed by atoms with Gasteiger partial charge in [0.15, 0.2) is 12.6 Å². The van der Waals surface area contributed by atoms with Crippen LogP contribution in [0, 0.1) is 0 Å². The highest BCUT2D eigenvalue weighted by atomic mass is 127. The highest BCUT2D eigenvalue weighted by molar-refractivity contribution is 14.0. The Bertz CT molecular complexity index is 817. The summed E-state index contributed by atoms with van der Waals surface area (Å²) >= 11 is 0. The van der Waals surface area contributed by atoms with E-state index in [1.54, 1.807) is 0 Å². The Hall–Kier alpha value is -2.30. The van der Waals surface area contributed by atoms with Crippen LogP contribution in [0.3, 0.4) is 0 Å². The molecule has 172 valence electrons. The first-order chi connectivity index (χ1) is 14.6. The van der Waals surface area contributed by atoms with Crippen LogP contribution in [-0.2, 0) is 30.7 Å². The van der Waals surface area contributed by atoms with Crippen molar-refractivity contribution in [1.29, 1.82) is 0 Å². The maximum atomic E-state index is 11.6. The molecule has 0 aliphatic heterocycles. The molecule has 0 radical (unpaired) electrons. The zero-order valence-corrected chi connectivity index (χ0v) is 21.1. The summed E-state index contributed by atoms with van der Waals surface area (Å²) in [6, 6.07) is 7.61. The molecule has 0 fully saturated rings. The standard InChI is InChI=1S/C22H33N5O3.HI/c1-5-19-18(20(6-2)30-27-19)14-26-22(24-8-4)25-13-16-10-9-11-17(12-16)29-15-21(28)23-7-3;/h9-12H,5-8,13-15H2,1-4H3,(H,23,28)(H2,24,25,26);1H. The van der Waals surface area contributed by atoms with Crippen molar-refractivity contribution >= 4 is 35.8 Å². The molecule has 0 aliphatic rings. The first-order valence-corrected chi connectivity index (χ1v) is 10.6. The van der Waals surface area contributed by atoms with E-state index in [9.17, 15) is 4.79 Å². The van der Waals surface area contributed by atoms with Crippen LogP contribution in [0.2, 0.25) is 0 Å². The normalized spacial score (nSPS) is 10.9. The molecule has 0 unspecified atom stereocenters. The largest absolute Gasteiger partial charge is 0.484 e. The van der Waals surface area contributed by atoms with Crippen molar-refractivity contribution in [3.05, 3.63) is 46.8 Å². The van der Waals surface area contributed by atoms with Gasteiger partial charge in [0.1, 0.15) is 11.5 Å². The average Bonchev–Trinajstić information content (AvgIpc) is 3.16. The Morgan fingerprint density at radius 1 is 1.10 bits per heavy atom. The van der Waals surface area contributed by atoms with Crippen molar-refractivity contribution in [2.45, 2.75) is 53.6 Å². The Balaban J connectivity index is 0.00000480. The molecule has 8 nitrogen and oxygen atoms in total. The minimum atomic E-state index is -0.133. The summed E-state index contributed by atoms with van der Waals surface area (Å²) in [5.41, 5.74) is 3.08. The summed E-state index contributed by atoms with van der Waals surface area (Å²) in [5.74, 6) is 2.14. The van der Waals surface area contributed by atoms with Gasteiger partial charge in [-0.25, -0.2) is 4.99 Å². The van der Waals surface area contributed by atoms with Crippen LogP contribution in [0.4, 0.5) is 0 Å². The van der Waals surface area contributed by atoms with Crippen molar-refractivity contribution in [2.24, 2.45) is 4.99 Å². The van der Waals surface area contributed by atoms with Crippen molar-refractivity contribution in [3.8, 4) is 5.75 Å². The number of ether oxygens (including phenoxy) is 1. The lowest BCUT2D eigenvalue weighted by atomic mass is 10.1. The Kier molecular flexibility index (Phi) is 12.6. The van der Waals surface area contributed by atoms with E-state index in [1.807, 2.05) is 38.1 Å². The van der Waals surface area contributed by atoms with Crippen LogP contribution in [0.15, 0.2) is 33.8 Å². The van der Waals surface area contributed by atoms with Gasteiger partial charge in [-0.3, -0.25) is 4.79 Å². The first kappa shape index (κ1) is 26.7. The third kappa shape index (κ3) is 8.76. The molecule has 2 rings (SSSR count). The monoisotopic (exact) mass is 543 g/mol. The lowest BCUT2D eigenvalue weighted by molar-refractivity contribution is -0.122. The topological polar surface area (TPSA) is 101 Å². The Labute approximate surface area is 201 Å². The number of nitrogens with zero attached hydrogens (tertiary/aromatic N) is 2. The summed E-state index contributed by atoms with van der Waals surface area (Å²) < 4.78 is 11.0. The Morgan fingerprint density at radius 3 is 2.55 bits per heavy atom. The van der Waals surface area contributed by atoms with Gasteiger partial charge in [-0.15, -0.1) is 24.0 Å². The molecule has 31 heavy (non-hydrogen) atoms. The SMILES string of the molecule is CCNC(=O)COc1cccc(CN=C(NCC)NCc2c(CC)noc2CC)c1.I. The van der Waals surface area contributed by atoms with Gasteiger partial charge in [0.25, 0.3) is 5.91 Å². The predicted octanol–water partition coefficient (Wildman–Crippen LogP) is 3.19. The molecule has 0 saturated heterocycles. The number of rotatable bonds is 11. The summed E-state index contributed by atoms with van der Waals surface area (Å²) in [6.07, 6.45) is 1.64. The molecule has 3 N–H and O–H groups in total. The van der Waals surface area contributed by atoms with Gasteiger partial charge in [-0.05, 0) is 38.0 Å². The fourth-order valence-corrected chi connectivity index (χ4v) is 2.95. The van der Waals surface area contributed by atoms with Gasteiger partial charge < -0.3 is 25.2 Å². The smallest absolute Gasteiger partial charge is 0.257 e. The van der Waals surface area contributed by atoms with Crippen molar-refractivity contribution in [1.82, 2.24) is 21.1 Å². The van der Waals surface area contributed by atoms with Crippen LogP contribution in [0.1, 0.15) is 50.3 Å². The maximum absolute atomic E-state index is 11.6. The molecule has 1 amide bonds. The molecule has 1 aromatic carbocycles. The zero-order chi connectivity index (χ0) is 21.8. The highest BCUT2D eigenvalue weighted by Gasteiger charge is 2.13. The first-order valence-electron chi connectivity index (χ1n) is 10.6. The molecule has 0 saturated carbocycles. The Morgan fingerprint density at radius 2 is 1.87 bits per heavy atom. The molecule has 9 heteroatoms. The number of benzene rings is 1. The maximum Gasteiger partial charge on any atom is 0.257 e. The van der Waals surface area contributed by atoms with Gasteiger partial charge in [0.2, 0.25) is 0 Å². The minimum absolute atomic E-state index is 0. The van der Waals surface area contributed by atoms with E-state index in [0.29, 0.717) is 25.4 Å². The summed E-state index contributed by atoms with van der Waals surface area (Å²) in [6.45, 7) is 10.5. The van der Waals surface area contributed by atoms with Crippen LogP contribution in [-0.4, -0.2) is 36.7 Å². The minimum Gasteiger partial charge on any atom is -0.484 e. The van der Waals surface area contributed by atoms with Gasteiger partial charge >= 0.3 is 0 Å². The molecule has 2 aromatic rings. The summed E-state index contributed by atoms with van der Waals surface area (Å²) in [4.78, 5) is 16.2. The van der Waals surface area contributed by atoms with E-state index < -0.39 is 0 Å². The fraction of sp³-hybridized carbons (Fsp3) is 0.500. The van der Waals surface area contributed by atoms with Crippen LogP contribution < -0.4 is 20.7 Å². The van der Waals surface area contributed by atoms with Crippen LogP contribution in [0.25, 0.3) is 0 Å². The quantitative estimate of drug-likeness (QED) is 0.229. The van der Waals surface area contributed by atoms with Crippen molar-refractivity contribution in [3.63, 3.8) is 0 Å². The molecule has 0 bridgehead atoms. The van der Waals surface area contributed by atoms with Gasteiger partial charge in [0.05, 0.1) is 12.2 Å². The van der Waals surface area contributed by atoms with Gasteiger partial charge in [-0.2, -0.15) is 0 Å². The number of aromatic nitrogens is 1.